The standard InChI is InChI=1S/C21H33N3O2/c1-17(2)15-21(26)24-13-7-6-11-23-20(25)16-19(22-12-8-14-24)18-9-4-3-5-10-18/h3-5,9-10,17,19,22H,6-8,11-16H2,1-2H3,(H,23,25). The molecular weight excluding hydrogens is 326 g/mol. The van der Waals surface area contributed by atoms with Gasteiger partial charge in [0.15, 0.2) is 0 Å². The first-order valence-corrected chi connectivity index (χ1v) is 9.89. The van der Waals surface area contributed by atoms with Gasteiger partial charge >= 0.3 is 0 Å². The molecule has 5 heteroatoms. The first-order valence-electron chi connectivity index (χ1n) is 9.89. The van der Waals surface area contributed by atoms with Crippen molar-refractivity contribution in [1.82, 2.24) is 15.5 Å². The lowest BCUT2D eigenvalue weighted by Crippen LogP contribution is -2.35. The highest BCUT2D eigenvalue weighted by atomic mass is 16.2. The zero-order valence-electron chi connectivity index (χ0n) is 16.2. The van der Waals surface area contributed by atoms with Gasteiger partial charge in [-0.3, -0.25) is 9.59 Å². The minimum atomic E-state index is 0.0109. The third-order valence-corrected chi connectivity index (χ3v) is 4.70. The highest BCUT2D eigenvalue weighted by molar-refractivity contribution is 5.77. The number of carbonyl (C=O) groups is 2. The van der Waals surface area contributed by atoms with Gasteiger partial charge < -0.3 is 15.5 Å². The molecule has 1 aromatic rings. The van der Waals surface area contributed by atoms with Gasteiger partial charge in [-0.15, -0.1) is 0 Å². The highest BCUT2D eigenvalue weighted by Crippen LogP contribution is 2.17. The van der Waals surface area contributed by atoms with Gasteiger partial charge in [0, 0.05) is 38.5 Å². The van der Waals surface area contributed by atoms with Crippen molar-refractivity contribution in [1.29, 1.82) is 0 Å². The number of amides is 2. The SMILES string of the molecule is CC(C)CC(=O)N1CCCCNC(=O)CC(c2ccccc2)NCCC1. The predicted molar refractivity (Wildman–Crippen MR) is 105 cm³/mol. The van der Waals surface area contributed by atoms with Crippen LogP contribution in [-0.4, -0.2) is 42.9 Å². The molecule has 1 heterocycles. The Morgan fingerprint density at radius 3 is 2.58 bits per heavy atom. The fraction of sp³-hybridized carbons (Fsp3) is 0.619. The Balaban J connectivity index is 1.99. The maximum atomic E-state index is 12.5. The lowest BCUT2D eigenvalue weighted by molar-refractivity contribution is -0.132. The largest absolute Gasteiger partial charge is 0.356 e. The zero-order chi connectivity index (χ0) is 18.8. The van der Waals surface area contributed by atoms with Crippen molar-refractivity contribution < 1.29 is 9.59 Å². The molecule has 2 rings (SSSR count). The Hall–Kier alpha value is -1.88. The van der Waals surface area contributed by atoms with Crippen molar-refractivity contribution in [2.75, 3.05) is 26.2 Å². The van der Waals surface area contributed by atoms with Crippen LogP contribution < -0.4 is 10.6 Å². The van der Waals surface area contributed by atoms with Crippen LogP contribution in [0.25, 0.3) is 0 Å². The van der Waals surface area contributed by atoms with Gasteiger partial charge in [0.2, 0.25) is 11.8 Å². The van der Waals surface area contributed by atoms with Gasteiger partial charge in [-0.2, -0.15) is 0 Å². The number of hydrogen-bond donors (Lipinski definition) is 2. The number of nitrogens with one attached hydrogen (secondary N) is 2. The zero-order valence-corrected chi connectivity index (χ0v) is 16.2. The van der Waals surface area contributed by atoms with E-state index in [0.717, 1.165) is 44.5 Å². The fourth-order valence-corrected chi connectivity index (χ4v) is 3.29. The van der Waals surface area contributed by atoms with E-state index in [4.69, 9.17) is 0 Å². The number of carbonyl (C=O) groups excluding carboxylic acids is 2. The normalized spacial score (nSPS) is 20.7. The maximum Gasteiger partial charge on any atom is 0.222 e. The topological polar surface area (TPSA) is 61.4 Å². The van der Waals surface area contributed by atoms with Crippen LogP contribution in [0.1, 0.15) is 57.6 Å². The molecule has 2 amide bonds. The summed E-state index contributed by atoms with van der Waals surface area (Å²) in [5.74, 6) is 0.712. The van der Waals surface area contributed by atoms with E-state index in [1.54, 1.807) is 0 Å². The number of nitrogens with zero attached hydrogens (tertiary/aromatic N) is 1. The molecule has 0 bridgehead atoms. The van der Waals surface area contributed by atoms with Crippen LogP contribution in [0, 0.1) is 5.92 Å². The summed E-state index contributed by atoms with van der Waals surface area (Å²) >= 11 is 0. The van der Waals surface area contributed by atoms with Gasteiger partial charge in [0.1, 0.15) is 0 Å². The molecule has 1 unspecified atom stereocenters. The van der Waals surface area contributed by atoms with Gasteiger partial charge in [-0.05, 0) is 37.3 Å². The van der Waals surface area contributed by atoms with E-state index in [1.807, 2.05) is 23.1 Å². The molecule has 1 aliphatic heterocycles. The van der Waals surface area contributed by atoms with Crippen LogP contribution in [-0.2, 0) is 9.59 Å². The van der Waals surface area contributed by atoms with Crippen LogP contribution in [0.3, 0.4) is 0 Å². The Labute approximate surface area is 157 Å². The third-order valence-electron chi connectivity index (χ3n) is 4.70. The van der Waals surface area contributed by atoms with Crippen LogP contribution >= 0.6 is 0 Å². The highest BCUT2D eigenvalue weighted by Gasteiger charge is 2.18. The summed E-state index contributed by atoms with van der Waals surface area (Å²) in [6.45, 7) is 7.19. The molecule has 0 aromatic heterocycles. The lowest BCUT2D eigenvalue weighted by Gasteiger charge is -2.24. The predicted octanol–water partition coefficient (Wildman–Crippen LogP) is 2.88. The van der Waals surface area contributed by atoms with Crippen molar-refractivity contribution >= 4 is 11.8 Å². The first-order chi connectivity index (χ1) is 12.6. The summed E-state index contributed by atoms with van der Waals surface area (Å²) in [5, 5.41) is 6.52. The lowest BCUT2D eigenvalue weighted by atomic mass is 10.0. The Kier molecular flexibility index (Phi) is 8.62. The summed E-state index contributed by atoms with van der Waals surface area (Å²) < 4.78 is 0. The molecule has 1 saturated heterocycles. The number of hydrogen-bond acceptors (Lipinski definition) is 3. The summed E-state index contributed by atoms with van der Waals surface area (Å²) in [5.41, 5.74) is 1.13. The van der Waals surface area contributed by atoms with Crippen LogP contribution in [0.4, 0.5) is 0 Å². The Morgan fingerprint density at radius 2 is 1.85 bits per heavy atom. The third kappa shape index (κ3) is 7.16. The van der Waals surface area contributed by atoms with Gasteiger partial charge in [0.25, 0.3) is 0 Å². The van der Waals surface area contributed by atoms with Gasteiger partial charge in [-0.1, -0.05) is 44.2 Å². The molecule has 1 atom stereocenters. The second-order valence-electron chi connectivity index (χ2n) is 7.51. The number of rotatable bonds is 3. The minimum Gasteiger partial charge on any atom is -0.356 e. The second-order valence-corrected chi connectivity index (χ2v) is 7.51. The van der Waals surface area contributed by atoms with E-state index in [1.165, 1.54) is 0 Å². The average Bonchev–Trinajstić information content (AvgIpc) is 2.63. The molecule has 0 spiro atoms. The summed E-state index contributed by atoms with van der Waals surface area (Å²) in [6, 6.07) is 10.1. The van der Waals surface area contributed by atoms with Gasteiger partial charge in [-0.25, -0.2) is 0 Å². The van der Waals surface area contributed by atoms with Crippen molar-refractivity contribution in [2.45, 2.75) is 52.0 Å². The van der Waals surface area contributed by atoms with Crippen LogP contribution in [0.2, 0.25) is 0 Å². The van der Waals surface area contributed by atoms with E-state index in [-0.39, 0.29) is 17.9 Å². The van der Waals surface area contributed by atoms with E-state index in [9.17, 15) is 9.59 Å². The monoisotopic (exact) mass is 359 g/mol. The molecule has 0 aliphatic carbocycles. The average molecular weight is 360 g/mol. The Bertz CT molecular complexity index is 560. The molecule has 2 N–H and O–H groups in total. The van der Waals surface area contributed by atoms with E-state index in [2.05, 4.69) is 36.6 Å². The molecule has 26 heavy (non-hydrogen) atoms. The minimum absolute atomic E-state index is 0.0109. The first kappa shape index (κ1) is 20.4. The van der Waals surface area contributed by atoms with Crippen molar-refractivity contribution in [3.05, 3.63) is 35.9 Å². The number of benzene rings is 1. The molecule has 144 valence electrons. The van der Waals surface area contributed by atoms with Crippen LogP contribution in [0.15, 0.2) is 30.3 Å². The van der Waals surface area contributed by atoms with E-state index >= 15 is 0 Å². The van der Waals surface area contributed by atoms with Crippen LogP contribution in [0.5, 0.6) is 0 Å². The van der Waals surface area contributed by atoms with E-state index in [0.29, 0.717) is 25.3 Å². The molecule has 1 aromatic carbocycles. The summed E-state index contributed by atoms with van der Waals surface area (Å²) in [6.07, 6.45) is 3.78. The van der Waals surface area contributed by atoms with Crippen molar-refractivity contribution in [3.63, 3.8) is 0 Å². The molecule has 1 aliphatic rings. The quantitative estimate of drug-likeness (QED) is 0.872. The maximum absolute atomic E-state index is 12.5. The van der Waals surface area contributed by atoms with Crippen molar-refractivity contribution in [3.8, 4) is 0 Å². The summed E-state index contributed by atoms with van der Waals surface area (Å²) in [7, 11) is 0. The summed E-state index contributed by atoms with van der Waals surface area (Å²) in [4.78, 5) is 26.7. The van der Waals surface area contributed by atoms with E-state index < -0.39 is 0 Å². The molecular formula is C21H33N3O2. The molecule has 1 fully saturated rings. The fourth-order valence-electron chi connectivity index (χ4n) is 3.29. The van der Waals surface area contributed by atoms with Gasteiger partial charge in [0.05, 0.1) is 0 Å². The molecule has 0 radical (unpaired) electrons. The Morgan fingerprint density at radius 1 is 1.12 bits per heavy atom. The molecule has 5 nitrogen and oxygen atoms in total. The smallest absolute Gasteiger partial charge is 0.222 e. The van der Waals surface area contributed by atoms with Crippen molar-refractivity contribution in [2.24, 2.45) is 5.92 Å². The second kappa shape index (κ2) is 11.0. The molecule has 0 saturated carbocycles.